The number of carbonyl (C=O) groups is 1. The second-order valence-corrected chi connectivity index (χ2v) is 5.37. The number of methoxy groups -OCH3 is 1. The molecule has 0 bridgehead atoms. The van der Waals surface area contributed by atoms with E-state index in [2.05, 4.69) is 21.2 Å². The number of aliphatic hydroxyl groups excluding tert-OH is 1. The summed E-state index contributed by atoms with van der Waals surface area (Å²) in [5, 5.41) is 12.1. The molecule has 0 aliphatic heterocycles. The van der Waals surface area contributed by atoms with Crippen LogP contribution in [0.2, 0.25) is 0 Å². The Balaban J connectivity index is 2.57. The zero-order valence-electron chi connectivity index (χ0n) is 11.3. The molecule has 4 nitrogen and oxygen atoms in total. The maximum Gasteiger partial charge on any atom is 0.245 e. The van der Waals surface area contributed by atoms with Gasteiger partial charge in [0, 0.05) is 30.7 Å². The van der Waals surface area contributed by atoms with Crippen LogP contribution in [0.4, 0.5) is 0 Å². The van der Waals surface area contributed by atoms with Crippen LogP contribution in [-0.4, -0.2) is 37.9 Å². The van der Waals surface area contributed by atoms with Gasteiger partial charge in [0.05, 0.1) is 0 Å². The molecule has 0 unspecified atom stereocenters. The number of amides is 1. The molecule has 2 N–H and O–H groups in total. The first-order chi connectivity index (χ1) is 9.08. The molecule has 1 aromatic carbocycles. The van der Waals surface area contributed by atoms with Crippen molar-refractivity contribution in [3.05, 3.63) is 33.8 Å². The maximum atomic E-state index is 11.3. The minimum absolute atomic E-state index is 0.00815. The lowest BCUT2D eigenvalue weighted by Gasteiger charge is -2.17. The Hall–Kier alpha value is -0.910. The van der Waals surface area contributed by atoms with Crippen LogP contribution in [0, 0.1) is 12.8 Å². The fraction of sp³-hybridized carbons (Fsp3) is 0.500. The van der Waals surface area contributed by atoms with Gasteiger partial charge in [0.25, 0.3) is 0 Å². The molecule has 0 spiro atoms. The first-order valence-corrected chi connectivity index (χ1v) is 6.98. The Morgan fingerprint density at radius 1 is 1.53 bits per heavy atom. The molecule has 1 amide bonds. The third-order valence-electron chi connectivity index (χ3n) is 3.01. The van der Waals surface area contributed by atoms with E-state index >= 15 is 0 Å². The van der Waals surface area contributed by atoms with Crippen molar-refractivity contribution in [1.29, 1.82) is 0 Å². The van der Waals surface area contributed by atoms with Crippen LogP contribution in [0.25, 0.3) is 0 Å². The van der Waals surface area contributed by atoms with Crippen LogP contribution in [-0.2, 0) is 16.0 Å². The van der Waals surface area contributed by atoms with Crippen LogP contribution in [0.15, 0.2) is 22.7 Å². The van der Waals surface area contributed by atoms with Gasteiger partial charge < -0.3 is 15.2 Å². The Morgan fingerprint density at radius 2 is 2.26 bits per heavy atom. The fourth-order valence-corrected chi connectivity index (χ4v) is 2.23. The molecule has 0 fully saturated rings. The number of ether oxygens (including phenoxy) is 1. The molecule has 0 saturated carbocycles. The van der Waals surface area contributed by atoms with Crippen molar-refractivity contribution in [3.8, 4) is 0 Å². The Morgan fingerprint density at radius 3 is 2.89 bits per heavy atom. The van der Waals surface area contributed by atoms with E-state index in [0.29, 0.717) is 6.54 Å². The summed E-state index contributed by atoms with van der Waals surface area (Å²) in [6, 6.07) is 6.01. The summed E-state index contributed by atoms with van der Waals surface area (Å²) in [6.45, 7) is 2.58. The minimum Gasteiger partial charge on any atom is -0.396 e. The van der Waals surface area contributed by atoms with Crippen LogP contribution in [0.5, 0.6) is 0 Å². The van der Waals surface area contributed by atoms with Gasteiger partial charge in [-0.25, -0.2) is 0 Å². The van der Waals surface area contributed by atoms with Gasteiger partial charge in [-0.05, 0) is 30.5 Å². The van der Waals surface area contributed by atoms with Crippen LogP contribution < -0.4 is 5.32 Å². The van der Waals surface area contributed by atoms with E-state index in [-0.39, 0.29) is 25.0 Å². The summed E-state index contributed by atoms with van der Waals surface area (Å²) < 4.78 is 5.80. The van der Waals surface area contributed by atoms with E-state index in [0.717, 1.165) is 10.9 Å². The van der Waals surface area contributed by atoms with Crippen molar-refractivity contribution in [2.24, 2.45) is 5.92 Å². The van der Waals surface area contributed by atoms with Gasteiger partial charge in [0.1, 0.15) is 6.61 Å². The first-order valence-electron chi connectivity index (χ1n) is 6.19. The number of benzene rings is 1. The Labute approximate surface area is 122 Å². The van der Waals surface area contributed by atoms with Crippen molar-refractivity contribution in [3.63, 3.8) is 0 Å². The second kappa shape index (κ2) is 8.30. The second-order valence-electron chi connectivity index (χ2n) is 4.51. The molecule has 0 radical (unpaired) electrons. The van der Waals surface area contributed by atoms with Gasteiger partial charge >= 0.3 is 0 Å². The Bertz CT molecular complexity index is 423. The number of carbonyl (C=O) groups excluding carboxylic acids is 1. The molecular formula is C14H20BrNO3. The summed E-state index contributed by atoms with van der Waals surface area (Å²) in [5.74, 6) is -0.152. The van der Waals surface area contributed by atoms with Gasteiger partial charge in [-0.2, -0.15) is 0 Å². The van der Waals surface area contributed by atoms with Crippen LogP contribution >= 0.6 is 15.9 Å². The molecule has 0 aliphatic carbocycles. The number of halogens is 1. The Kier molecular flexibility index (Phi) is 7.05. The van der Waals surface area contributed by atoms with Gasteiger partial charge in [-0.3, -0.25) is 4.79 Å². The van der Waals surface area contributed by atoms with Crippen molar-refractivity contribution in [1.82, 2.24) is 5.32 Å². The highest BCUT2D eigenvalue weighted by molar-refractivity contribution is 9.10. The van der Waals surface area contributed by atoms with E-state index in [1.807, 2.05) is 25.1 Å². The third-order valence-corrected chi connectivity index (χ3v) is 3.87. The summed E-state index contributed by atoms with van der Waals surface area (Å²) in [4.78, 5) is 11.3. The molecule has 0 saturated heterocycles. The van der Waals surface area contributed by atoms with Crippen molar-refractivity contribution < 1.29 is 14.6 Å². The van der Waals surface area contributed by atoms with Crippen molar-refractivity contribution in [2.75, 3.05) is 26.9 Å². The molecule has 19 heavy (non-hydrogen) atoms. The predicted molar refractivity (Wildman–Crippen MR) is 78.0 cm³/mol. The van der Waals surface area contributed by atoms with Crippen molar-refractivity contribution in [2.45, 2.75) is 13.3 Å². The highest BCUT2D eigenvalue weighted by Crippen LogP contribution is 2.21. The maximum absolute atomic E-state index is 11.3. The largest absolute Gasteiger partial charge is 0.396 e. The molecule has 5 heteroatoms. The first kappa shape index (κ1) is 16.1. The summed E-state index contributed by atoms with van der Waals surface area (Å²) in [5.41, 5.74) is 2.35. The topological polar surface area (TPSA) is 58.6 Å². The lowest BCUT2D eigenvalue weighted by atomic mass is 9.96. The van der Waals surface area contributed by atoms with E-state index < -0.39 is 0 Å². The molecule has 106 valence electrons. The van der Waals surface area contributed by atoms with E-state index in [4.69, 9.17) is 4.74 Å². The lowest BCUT2D eigenvalue weighted by molar-refractivity contribution is -0.124. The zero-order valence-corrected chi connectivity index (χ0v) is 12.9. The molecule has 1 aromatic rings. The van der Waals surface area contributed by atoms with Gasteiger partial charge in [-0.15, -0.1) is 0 Å². The summed E-state index contributed by atoms with van der Waals surface area (Å²) >= 11 is 3.49. The molecule has 1 rings (SSSR count). The SMILES string of the molecule is COCC(=O)NC[C@H](CO)Cc1cccc(Br)c1C. The average molecular weight is 330 g/mol. The highest BCUT2D eigenvalue weighted by atomic mass is 79.9. The molecule has 0 aliphatic rings. The molecule has 1 atom stereocenters. The molecule has 0 aromatic heterocycles. The highest BCUT2D eigenvalue weighted by Gasteiger charge is 2.12. The smallest absolute Gasteiger partial charge is 0.245 e. The minimum atomic E-state index is -0.160. The number of hydrogen-bond acceptors (Lipinski definition) is 3. The zero-order chi connectivity index (χ0) is 14.3. The number of hydrogen-bond donors (Lipinski definition) is 2. The van der Waals surface area contributed by atoms with E-state index in [1.54, 1.807) is 0 Å². The fourth-order valence-electron chi connectivity index (χ4n) is 1.83. The number of aliphatic hydroxyl groups is 1. The van der Waals surface area contributed by atoms with Crippen LogP contribution in [0.3, 0.4) is 0 Å². The standard InChI is InChI=1S/C14H20BrNO3/c1-10-12(4-3-5-13(10)15)6-11(8-17)7-16-14(18)9-19-2/h3-5,11,17H,6-9H2,1-2H3,(H,16,18)/t11-/m1/s1. The average Bonchev–Trinajstić information content (AvgIpc) is 2.39. The molecular weight excluding hydrogens is 310 g/mol. The van der Waals surface area contributed by atoms with Gasteiger partial charge in [0.2, 0.25) is 5.91 Å². The monoisotopic (exact) mass is 329 g/mol. The number of rotatable bonds is 7. The number of nitrogens with one attached hydrogen (secondary N) is 1. The third kappa shape index (κ3) is 5.30. The summed E-state index contributed by atoms with van der Waals surface area (Å²) in [7, 11) is 1.48. The van der Waals surface area contributed by atoms with Gasteiger partial charge in [-0.1, -0.05) is 28.1 Å². The van der Waals surface area contributed by atoms with E-state index in [1.165, 1.54) is 18.2 Å². The van der Waals surface area contributed by atoms with Crippen molar-refractivity contribution >= 4 is 21.8 Å². The molecule has 0 heterocycles. The predicted octanol–water partition coefficient (Wildman–Crippen LogP) is 1.67. The lowest BCUT2D eigenvalue weighted by Crippen LogP contribution is -2.34. The van der Waals surface area contributed by atoms with E-state index in [9.17, 15) is 9.90 Å². The van der Waals surface area contributed by atoms with Crippen LogP contribution in [0.1, 0.15) is 11.1 Å². The summed E-state index contributed by atoms with van der Waals surface area (Å²) in [6.07, 6.45) is 0.731. The normalized spacial score (nSPS) is 12.2. The van der Waals surface area contributed by atoms with Gasteiger partial charge in [0.15, 0.2) is 0 Å². The quantitative estimate of drug-likeness (QED) is 0.800.